The van der Waals surface area contributed by atoms with Crippen molar-refractivity contribution in [2.45, 2.75) is 6.61 Å². The Labute approximate surface area is 167 Å². The maximum absolute atomic E-state index is 12.5. The lowest BCUT2D eigenvalue weighted by atomic mass is 10.1. The number of ketones is 1. The number of nitrogens with zero attached hydrogens (tertiary/aromatic N) is 1. The molecule has 0 unspecified atom stereocenters. The molecule has 0 N–H and O–H groups in total. The lowest BCUT2D eigenvalue weighted by molar-refractivity contribution is 0.0600. The largest absolute Gasteiger partial charge is 0.489 e. The topological polar surface area (TPSA) is 74.7 Å². The molecule has 0 amide bonds. The first kappa shape index (κ1) is 18.4. The van der Waals surface area contributed by atoms with E-state index in [0.29, 0.717) is 29.2 Å². The predicted octanol–water partition coefficient (Wildman–Crippen LogP) is 4.06. The number of methoxy groups -OCH3 is 1. The highest BCUT2D eigenvalue weighted by molar-refractivity contribution is 6.14. The molecule has 0 fully saturated rings. The van der Waals surface area contributed by atoms with Crippen LogP contribution >= 0.6 is 0 Å². The zero-order valence-electron chi connectivity index (χ0n) is 15.6. The zero-order chi connectivity index (χ0) is 20.2. The van der Waals surface area contributed by atoms with E-state index in [0.717, 1.165) is 11.1 Å². The summed E-state index contributed by atoms with van der Waals surface area (Å²) in [6.45, 7) is 0.312. The van der Waals surface area contributed by atoms with Crippen molar-refractivity contribution in [3.05, 3.63) is 95.0 Å². The quantitative estimate of drug-likeness (QED) is 0.485. The fraction of sp³-hybridized carbons (Fsp3) is 0.0870. The van der Waals surface area contributed by atoms with Gasteiger partial charge in [-0.3, -0.25) is 9.78 Å². The Morgan fingerprint density at radius 2 is 1.97 bits per heavy atom. The highest BCUT2D eigenvalue weighted by Crippen LogP contribution is 2.35. The van der Waals surface area contributed by atoms with E-state index in [9.17, 15) is 9.59 Å². The number of Topliss-reactive ketones (excluding diaryl/α,β-unsaturated/α-hetero) is 1. The van der Waals surface area contributed by atoms with Gasteiger partial charge in [-0.2, -0.15) is 0 Å². The van der Waals surface area contributed by atoms with Crippen molar-refractivity contribution in [3.8, 4) is 11.5 Å². The van der Waals surface area contributed by atoms with Crippen LogP contribution in [0, 0.1) is 0 Å². The molecule has 2 heterocycles. The Bertz CT molecular complexity index is 1090. The average Bonchev–Trinajstić information content (AvgIpc) is 3.07. The summed E-state index contributed by atoms with van der Waals surface area (Å²) in [5, 5.41) is 0. The number of carbonyl (C=O) groups excluding carboxylic acids is 2. The molecule has 1 aliphatic heterocycles. The van der Waals surface area contributed by atoms with E-state index < -0.39 is 0 Å². The van der Waals surface area contributed by atoms with E-state index in [1.807, 2.05) is 6.07 Å². The molecule has 144 valence electrons. The van der Waals surface area contributed by atoms with Crippen LogP contribution in [0.3, 0.4) is 0 Å². The Balaban J connectivity index is 1.45. The van der Waals surface area contributed by atoms with Crippen molar-refractivity contribution < 1.29 is 23.8 Å². The number of aromatic nitrogens is 1. The highest BCUT2D eigenvalue weighted by Gasteiger charge is 2.27. The van der Waals surface area contributed by atoms with Crippen molar-refractivity contribution >= 4 is 17.8 Å². The van der Waals surface area contributed by atoms with Gasteiger partial charge in [-0.05, 0) is 47.5 Å². The van der Waals surface area contributed by atoms with Crippen molar-refractivity contribution in [2.75, 3.05) is 7.11 Å². The number of ether oxygens (including phenoxy) is 3. The zero-order valence-corrected chi connectivity index (χ0v) is 15.6. The first-order valence-corrected chi connectivity index (χ1v) is 8.92. The number of hydrogen-bond acceptors (Lipinski definition) is 6. The molecule has 6 heteroatoms. The molecule has 0 saturated heterocycles. The molecule has 0 atom stereocenters. The molecular formula is C23H17NO5. The molecule has 0 aliphatic carbocycles. The minimum atomic E-state index is -0.381. The van der Waals surface area contributed by atoms with E-state index in [1.54, 1.807) is 67.0 Å². The fourth-order valence-corrected chi connectivity index (χ4v) is 2.89. The molecule has 6 nitrogen and oxygen atoms in total. The van der Waals surface area contributed by atoms with Crippen LogP contribution in [0.2, 0.25) is 0 Å². The van der Waals surface area contributed by atoms with E-state index >= 15 is 0 Å². The van der Waals surface area contributed by atoms with Gasteiger partial charge in [0, 0.05) is 18.5 Å². The number of allylic oxidation sites excluding steroid dienone is 1. The van der Waals surface area contributed by atoms with Crippen molar-refractivity contribution in [3.63, 3.8) is 0 Å². The third-order valence-electron chi connectivity index (χ3n) is 4.40. The number of esters is 1. The number of pyridine rings is 1. The van der Waals surface area contributed by atoms with Crippen molar-refractivity contribution in [1.82, 2.24) is 4.98 Å². The summed E-state index contributed by atoms with van der Waals surface area (Å²) >= 11 is 0. The summed E-state index contributed by atoms with van der Waals surface area (Å²) < 4.78 is 16.2. The first-order chi connectivity index (χ1) is 14.1. The van der Waals surface area contributed by atoms with Crippen molar-refractivity contribution in [1.29, 1.82) is 0 Å². The minimum absolute atomic E-state index is 0.172. The molecule has 4 rings (SSSR count). The van der Waals surface area contributed by atoms with Gasteiger partial charge in [0.15, 0.2) is 5.76 Å². The number of hydrogen-bond donors (Lipinski definition) is 0. The Morgan fingerprint density at radius 3 is 2.69 bits per heavy atom. The number of benzene rings is 2. The predicted molar refractivity (Wildman–Crippen MR) is 106 cm³/mol. The lowest BCUT2D eigenvalue weighted by Crippen LogP contribution is -2.02. The minimum Gasteiger partial charge on any atom is -0.489 e. The van der Waals surface area contributed by atoms with E-state index in [-0.39, 0.29) is 17.5 Å². The Morgan fingerprint density at radius 1 is 1.14 bits per heavy atom. The summed E-state index contributed by atoms with van der Waals surface area (Å²) in [6.07, 6.45) is 4.99. The van der Waals surface area contributed by atoms with Crippen LogP contribution in [0.5, 0.6) is 11.5 Å². The van der Waals surface area contributed by atoms with Gasteiger partial charge in [0.2, 0.25) is 5.78 Å². The molecule has 0 spiro atoms. The van der Waals surface area contributed by atoms with Gasteiger partial charge >= 0.3 is 5.97 Å². The van der Waals surface area contributed by atoms with Gasteiger partial charge in [-0.1, -0.05) is 18.2 Å². The maximum atomic E-state index is 12.5. The van der Waals surface area contributed by atoms with Gasteiger partial charge in [-0.15, -0.1) is 0 Å². The average molecular weight is 387 g/mol. The van der Waals surface area contributed by atoms with E-state index in [4.69, 9.17) is 9.47 Å². The molecule has 1 aromatic heterocycles. The van der Waals surface area contributed by atoms with Crippen LogP contribution in [0.15, 0.2) is 72.8 Å². The monoisotopic (exact) mass is 387 g/mol. The second kappa shape index (κ2) is 7.98. The summed E-state index contributed by atoms with van der Waals surface area (Å²) in [4.78, 5) is 28.0. The van der Waals surface area contributed by atoms with E-state index in [2.05, 4.69) is 9.72 Å². The Kier molecular flexibility index (Phi) is 5.07. The summed E-state index contributed by atoms with van der Waals surface area (Å²) in [5.74, 6) is 0.741. The van der Waals surface area contributed by atoms with Gasteiger partial charge in [-0.25, -0.2) is 4.79 Å². The second-order valence-electron chi connectivity index (χ2n) is 6.36. The van der Waals surface area contributed by atoms with Gasteiger partial charge in [0.05, 0.1) is 18.2 Å². The van der Waals surface area contributed by atoms with Gasteiger partial charge in [0.1, 0.15) is 18.1 Å². The third kappa shape index (κ3) is 4.01. The molecule has 1 aliphatic rings. The molecular weight excluding hydrogens is 370 g/mol. The SMILES string of the molecule is COC(=O)c1ccc(COc2ccc3c(c2)O/C(=C\c2cccnc2)C3=O)cc1. The first-order valence-electron chi connectivity index (χ1n) is 8.92. The lowest BCUT2D eigenvalue weighted by Gasteiger charge is -2.08. The van der Waals surface area contributed by atoms with Crippen LogP contribution in [-0.2, 0) is 11.3 Å². The highest BCUT2D eigenvalue weighted by atomic mass is 16.5. The third-order valence-corrected chi connectivity index (χ3v) is 4.40. The second-order valence-corrected chi connectivity index (χ2v) is 6.36. The molecule has 2 aromatic carbocycles. The fourth-order valence-electron chi connectivity index (χ4n) is 2.89. The van der Waals surface area contributed by atoms with Gasteiger partial charge < -0.3 is 14.2 Å². The van der Waals surface area contributed by atoms with Crippen LogP contribution < -0.4 is 9.47 Å². The van der Waals surface area contributed by atoms with E-state index in [1.165, 1.54) is 7.11 Å². The molecule has 0 saturated carbocycles. The number of rotatable bonds is 5. The molecule has 3 aromatic rings. The normalized spacial score (nSPS) is 13.7. The summed E-state index contributed by atoms with van der Waals surface area (Å²) in [5.41, 5.74) is 2.66. The Hall–Kier alpha value is -3.93. The van der Waals surface area contributed by atoms with Crippen LogP contribution in [-0.4, -0.2) is 23.8 Å². The number of fused-ring (bicyclic) bond motifs is 1. The molecule has 29 heavy (non-hydrogen) atoms. The maximum Gasteiger partial charge on any atom is 0.337 e. The van der Waals surface area contributed by atoms with Crippen LogP contribution in [0.1, 0.15) is 31.8 Å². The summed E-state index contributed by atoms with van der Waals surface area (Å²) in [7, 11) is 1.34. The van der Waals surface area contributed by atoms with Gasteiger partial charge in [0.25, 0.3) is 0 Å². The smallest absolute Gasteiger partial charge is 0.337 e. The summed E-state index contributed by atoms with van der Waals surface area (Å²) in [6, 6.07) is 15.7. The van der Waals surface area contributed by atoms with Crippen molar-refractivity contribution in [2.24, 2.45) is 0 Å². The van der Waals surface area contributed by atoms with Crippen LogP contribution in [0.25, 0.3) is 6.08 Å². The van der Waals surface area contributed by atoms with Crippen LogP contribution in [0.4, 0.5) is 0 Å². The molecule has 0 radical (unpaired) electrons. The number of carbonyl (C=O) groups is 2. The molecule has 0 bridgehead atoms. The standard InChI is InChI=1S/C23H17NO5/c1-27-23(26)17-6-4-15(5-7-17)14-28-18-8-9-19-20(12-18)29-21(22(19)25)11-16-3-2-10-24-13-16/h2-13H,14H2,1H3/b21-11-.